The third-order valence-corrected chi connectivity index (χ3v) is 5.01. The SMILES string of the molecule is COC1CC(NC(=O)c2cc(S(=O)(=O)Cl)cc(F)c2Cl)C1. The van der Waals surface area contributed by atoms with Gasteiger partial charge in [0.1, 0.15) is 5.82 Å². The zero-order chi connectivity index (χ0) is 15.8. The summed E-state index contributed by atoms with van der Waals surface area (Å²) in [6.07, 6.45) is 1.35. The summed E-state index contributed by atoms with van der Waals surface area (Å²) < 4.78 is 41.2. The molecule has 1 fully saturated rings. The van der Waals surface area contributed by atoms with E-state index < -0.39 is 30.7 Å². The Hall–Kier alpha value is -0.890. The third kappa shape index (κ3) is 3.66. The molecule has 0 bridgehead atoms. The fourth-order valence-corrected chi connectivity index (χ4v) is 2.97. The summed E-state index contributed by atoms with van der Waals surface area (Å²) in [5, 5.41) is 2.19. The number of halogens is 3. The molecule has 0 radical (unpaired) electrons. The first-order valence-corrected chi connectivity index (χ1v) is 8.68. The van der Waals surface area contributed by atoms with Crippen LogP contribution in [0.15, 0.2) is 17.0 Å². The molecule has 9 heteroatoms. The minimum Gasteiger partial charge on any atom is -0.381 e. The van der Waals surface area contributed by atoms with Gasteiger partial charge in [-0.25, -0.2) is 12.8 Å². The molecule has 1 saturated carbocycles. The van der Waals surface area contributed by atoms with Crippen LogP contribution in [0.3, 0.4) is 0 Å². The average Bonchev–Trinajstić information content (AvgIpc) is 2.34. The standard InChI is InChI=1S/C12H12Cl2FNO4S/c1-20-7-2-6(3-7)16-12(17)9-4-8(21(14,18)19)5-10(15)11(9)13/h4-7H,2-3H2,1H3,(H,16,17). The Balaban J connectivity index is 2.22. The van der Waals surface area contributed by atoms with E-state index in [1.807, 2.05) is 0 Å². The fraction of sp³-hybridized carbons (Fsp3) is 0.417. The Kier molecular flexibility index (Phi) is 4.77. The van der Waals surface area contributed by atoms with Gasteiger partial charge >= 0.3 is 0 Å². The summed E-state index contributed by atoms with van der Waals surface area (Å²) in [7, 11) is 2.57. The lowest BCUT2D eigenvalue weighted by Crippen LogP contribution is -2.47. The summed E-state index contributed by atoms with van der Waals surface area (Å²) in [5.41, 5.74) is -0.267. The van der Waals surface area contributed by atoms with Crippen LogP contribution in [0.25, 0.3) is 0 Å². The van der Waals surface area contributed by atoms with Crippen LogP contribution in [0.5, 0.6) is 0 Å². The molecule has 1 aromatic carbocycles. The van der Waals surface area contributed by atoms with E-state index in [1.54, 1.807) is 7.11 Å². The fourth-order valence-electron chi connectivity index (χ4n) is 2.01. The second kappa shape index (κ2) is 6.08. The first-order chi connectivity index (χ1) is 9.72. The van der Waals surface area contributed by atoms with Crippen molar-refractivity contribution in [2.24, 2.45) is 0 Å². The van der Waals surface area contributed by atoms with E-state index in [0.29, 0.717) is 18.9 Å². The predicted molar refractivity (Wildman–Crippen MR) is 75.7 cm³/mol. The second-order valence-corrected chi connectivity index (χ2v) is 7.65. The van der Waals surface area contributed by atoms with E-state index in [4.69, 9.17) is 27.0 Å². The smallest absolute Gasteiger partial charge is 0.261 e. The van der Waals surface area contributed by atoms with Crippen LogP contribution in [0.1, 0.15) is 23.2 Å². The molecule has 0 saturated heterocycles. The van der Waals surface area contributed by atoms with Crippen LogP contribution < -0.4 is 5.32 Å². The molecule has 1 aliphatic rings. The lowest BCUT2D eigenvalue weighted by Gasteiger charge is -2.34. The van der Waals surface area contributed by atoms with Gasteiger partial charge in [0.25, 0.3) is 15.0 Å². The van der Waals surface area contributed by atoms with Gasteiger partial charge in [-0.3, -0.25) is 4.79 Å². The maximum absolute atomic E-state index is 13.6. The van der Waals surface area contributed by atoms with E-state index in [2.05, 4.69) is 5.32 Å². The first-order valence-electron chi connectivity index (χ1n) is 5.99. The molecular weight excluding hydrogens is 344 g/mol. The summed E-state index contributed by atoms with van der Waals surface area (Å²) >= 11 is 5.71. The van der Waals surface area contributed by atoms with Crippen molar-refractivity contribution < 1.29 is 22.3 Å². The molecule has 0 spiro atoms. The number of hydrogen-bond donors (Lipinski definition) is 1. The molecule has 5 nitrogen and oxygen atoms in total. The summed E-state index contributed by atoms with van der Waals surface area (Å²) in [4.78, 5) is 11.5. The van der Waals surface area contributed by atoms with Gasteiger partial charge in [0.2, 0.25) is 0 Å². The van der Waals surface area contributed by atoms with Crippen LogP contribution in [0, 0.1) is 5.82 Å². The zero-order valence-electron chi connectivity index (χ0n) is 10.9. The number of methoxy groups -OCH3 is 1. The number of carbonyl (C=O) groups excluding carboxylic acids is 1. The maximum atomic E-state index is 13.6. The van der Waals surface area contributed by atoms with Crippen LogP contribution >= 0.6 is 22.3 Å². The van der Waals surface area contributed by atoms with E-state index in [-0.39, 0.29) is 17.7 Å². The average molecular weight is 356 g/mol. The number of carbonyl (C=O) groups is 1. The number of hydrogen-bond acceptors (Lipinski definition) is 4. The van der Waals surface area contributed by atoms with Gasteiger partial charge in [0.05, 0.1) is 21.6 Å². The van der Waals surface area contributed by atoms with Gasteiger partial charge in [-0.05, 0) is 25.0 Å². The summed E-state index contributed by atoms with van der Waals surface area (Å²) in [5.74, 6) is -1.67. The van der Waals surface area contributed by atoms with E-state index in [9.17, 15) is 17.6 Å². The molecule has 0 heterocycles. The molecule has 0 atom stereocenters. The van der Waals surface area contributed by atoms with Crippen molar-refractivity contribution in [3.05, 3.63) is 28.5 Å². The van der Waals surface area contributed by atoms with E-state index in [1.165, 1.54) is 0 Å². The van der Waals surface area contributed by atoms with Crippen LogP contribution in [-0.2, 0) is 13.8 Å². The molecule has 1 amide bonds. The lowest BCUT2D eigenvalue weighted by molar-refractivity contribution is 0.0176. The number of amides is 1. The molecule has 21 heavy (non-hydrogen) atoms. The third-order valence-electron chi connectivity index (χ3n) is 3.29. The van der Waals surface area contributed by atoms with Crippen molar-refractivity contribution in [2.45, 2.75) is 29.9 Å². The predicted octanol–water partition coefficient (Wildman–Crippen LogP) is 2.31. The van der Waals surface area contributed by atoms with Crippen molar-refractivity contribution in [3.63, 3.8) is 0 Å². The van der Waals surface area contributed by atoms with Crippen LogP contribution in [0.4, 0.5) is 4.39 Å². The molecule has 1 N–H and O–H groups in total. The molecule has 0 unspecified atom stereocenters. The van der Waals surface area contributed by atoms with Crippen LogP contribution in [0.2, 0.25) is 5.02 Å². The van der Waals surface area contributed by atoms with Gasteiger partial charge in [-0.2, -0.15) is 0 Å². The van der Waals surface area contributed by atoms with Crippen molar-refractivity contribution in [2.75, 3.05) is 7.11 Å². The van der Waals surface area contributed by atoms with Gasteiger partial charge < -0.3 is 10.1 Å². The number of nitrogens with one attached hydrogen (secondary N) is 1. The minimum absolute atomic E-state index is 0.0806. The van der Waals surface area contributed by atoms with Crippen LogP contribution in [-0.4, -0.2) is 33.6 Å². The van der Waals surface area contributed by atoms with Gasteiger partial charge in [0.15, 0.2) is 0 Å². The van der Waals surface area contributed by atoms with Crippen molar-refractivity contribution >= 4 is 37.2 Å². The molecule has 116 valence electrons. The highest BCUT2D eigenvalue weighted by Crippen LogP contribution is 2.28. The van der Waals surface area contributed by atoms with Crippen molar-refractivity contribution in [3.8, 4) is 0 Å². The molecule has 0 aromatic heterocycles. The monoisotopic (exact) mass is 355 g/mol. The Labute approximate surface area is 130 Å². The Morgan fingerprint density at radius 3 is 2.57 bits per heavy atom. The minimum atomic E-state index is -4.16. The Morgan fingerprint density at radius 1 is 1.43 bits per heavy atom. The highest BCUT2D eigenvalue weighted by Gasteiger charge is 2.31. The first kappa shape index (κ1) is 16.5. The lowest BCUT2D eigenvalue weighted by atomic mass is 9.89. The highest BCUT2D eigenvalue weighted by molar-refractivity contribution is 8.13. The normalized spacial score (nSPS) is 21.7. The molecule has 1 aliphatic carbocycles. The molecular formula is C12H12Cl2FNO4S. The maximum Gasteiger partial charge on any atom is 0.261 e. The molecule has 2 rings (SSSR count). The topological polar surface area (TPSA) is 72.5 Å². The largest absolute Gasteiger partial charge is 0.381 e. The van der Waals surface area contributed by atoms with E-state index >= 15 is 0 Å². The Bertz CT molecular complexity index is 674. The van der Waals surface area contributed by atoms with Crippen molar-refractivity contribution in [1.29, 1.82) is 0 Å². The second-order valence-electron chi connectivity index (χ2n) is 4.70. The number of benzene rings is 1. The van der Waals surface area contributed by atoms with Crippen molar-refractivity contribution in [1.82, 2.24) is 5.32 Å². The van der Waals surface area contributed by atoms with Gasteiger partial charge in [0, 0.05) is 23.8 Å². The highest BCUT2D eigenvalue weighted by atomic mass is 35.7. The summed E-state index contributed by atoms with van der Waals surface area (Å²) in [6.45, 7) is 0. The summed E-state index contributed by atoms with van der Waals surface area (Å²) in [6, 6.07) is 1.51. The van der Waals surface area contributed by atoms with E-state index in [0.717, 1.165) is 6.07 Å². The van der Waals surface area contributed by atoms with Gasteiger partial charge in [-0.15, -0.1) is 0 Å². The molecule has 1 aromatic rings. The Morgan fingerprint density at radius 2 is 2.05 bits per heavy atom. The number of ether oxygens (including phenoxy) is 1. The quantitative estimate of drug-likeness (QED) is 0.841. The zero-order valence-corrected chi connectivity index (χ0v) is 13.2. The molecule has 0 aliphatic heterocycles. The van der Waals surface area contributed by atoms with Gasteiger partial charge in [-0.1, -0.05) is 11.6 Å². The number of rotatable bonds is 4.